The van der Waals surface area contributed by atoms with Crippen molar-refractivity contribution in [2.45, 2.75) is 6.54 Å². The Morgan fingerprint density at radius 3 is 2.77 bits per heavy atom. The number of amides is 1. The predicted octanol–water partition coefficient (Wildman–Crippen LogP) is 4.79. The Hall–Kier alpha value is -1.14. The molecule has 0 aliphatic heterocycles. The highest BCUT2D eigenvalue weighted by Crippen LogP contribution is 2.23. The number of hydrogen-bond donors (Lipinski definition) is 1. The summed E-state index contributed by atoms with van der Waals surface area (Å²) in [7, 11) is 0. The molecule has 116 valence electrons. The van der Waals surface area contributed by atoms with Gasteiger partial charge in [-0.25, -0.2) is 0 Å². The SMILES string of the molecule is C=CCN(CC(=O)Nc1ccccc1Br)Cc1ccc(Cl)s1. The normalized spacial score (nSPS) is 10.7. The summed E-state index contributed by atoms with van der Waals surface area (Å²) in [4.78, 5) is 15.4. The van der Waals surface area contributed by atoms with Crippen LogP contribution in [-0.2, 0) is 11.3 Å². The van der Waals surface area contributed by atoms with Gasteiger partial charge in [-0.05, 0) is 40.2 Å². The zero-order valence-electron chi connectivity index (χ0n) is 11.9. The van der Waals surface area contributed by atoms with Crippen LogP contribution in [0.15, 0.2) is 53.5 Å². The second kappa shape index (κ2) is 8.48. The minimum atomic E-state index is -0.0589. The number of carbonyl (C=O) groups excluding carboxylic acids is 1. The Kier molecular flexibility index (Phi) is 6.64. The smallest absolute Gasteiger partial charge is 0.238 e. The van der Waals surface area contributed by atoms with Crippen molar-refractivity contribution in [2.24, 2.45) is 0 Å². The minimum absolute atomic E-state index is 0.0589. The second-order valence-corrected chi connectivity index (χ2v) is 7.35. The van der Waals surface area contributed by atoms with Crippen LogP contribution in [0.5, 0.6) is 0 Å². The van der Waals surface area contributed by atoms with Crippen LogP contribution in [0.3, 0.4) is 0 Å². The van der Waals surface area contributed by atoms with Crippen molar-refractivity contribution in [3.05, 3.63) is 62.7 Å². The van der Waals surface area contributed by atoms with E-state index in [-0.39, 0.29) is 5.91 Å². The average Bonchev–Trinajstić information content (AvgIpc) is 2.87. The summed E-state index contributed by atoms with van der Waals surface area (Å²) in [6.07, 6.45) is 1.79. The Morgan fingerprint density at radius 1 is 1.36 bits per heavy atom. The van der Waals surface area contributed by atoms with Crippen LogP contribution in [-0.4, -0.2) is 23.9 Å². The summed E-state index contributed by atoms with van der Waals surface area (Å²) >= 11 is 10.9. The second-order valence-electron chi connectivity index (χ2n) is 4.69. The lowest BCUT2D eigenvalue weighted by Crippen LogP contribution is -2.32. The maximum absolute atomic E-state index is 12.2. The topological polar surface area (TPSA) is 32.3 Å². The Bertz CT molecular complexity index is 659. The van der Waals surface area contributed by atoms with Gasteiger partial charge in [-0.3, -0.25) is 9.69 Å². The van der Waals surface area contributed by atoms with Crippen molar-refractivity contribution in [1.29, 1.82) is 0 Å². The molecule has 2 rings (SSSR count). The molecule has 0 fully saturated rings. The van der Waals surface area contributed by atoms with Gasteiger partial charge in [-0.2, -0.15) is 0 Å². The van der Waals surface area contributed by atoms with Crippen LogP contribution in [0.4, 0.5) is 5.69 Å². The predicted molar refractivity (Wildman–Crippen MR) is 97.6 cm³/mol. The zero-order chi connectivity index (χ0) is 15.9. The summed E-state index contributed by atoms with van der Waals surface area (Å²) in [5.74, 6) is -0.0589. The molecule has 0 saturated carbocycles. The summed E-state index contributed by atoms with van der Waals surface area (Å²) in [5, 5.41) is 2.91. The molecule has 0 unspecified atom stereocenters. The lowest BCUT2D eigenvalue weighted by Gasteiger charge is -2.19. The molecule has 1 N–H and O–H groups in total. The highest BCUT2D eigenvalue weighted by molar-refractivity contribution is 9.10. The molecular weight excluding hydrogens is 384 g/mol. The van der Waals surface area contributed by atoms with Gasteiger partial charge in [0.2, 0.25) is 5.91 Å². The van der Waals surface area contributed by atoms with Gasteiger partial charge in [0.15, 0.2) is 0 Å². The molecule has 1 aromatic carbocycles. The molecular formula is C16H16BrClN2OS. The number of para-hydroxylation sites is 1. The van der Waals surface area contributed by atoms with Gasteiger partial charge in [0, 0.05) is 22.4 Å². The Morgan fingerprint density at radius 2 is 2.14 bits per heavy atom. The molecule has 0 bridgehead atoms. The van der Waals surface area contributed by atoms with E-state index in [2.05, 4.69) is 27.8 Å². The van der Waals surface area contributed by atoms with Gasteiger partial charge < -0.3 is 5.32 Å². The van der Waals surface area contributed by atoms with Gasteiger partial charge in [0.05, 0.1) is 16.6 Å². The average molecular weight is 400 g/mol. The van der Waals surface area contributed by atoms with E-state index in [4.69, 9.17) is 11.6 Å². The molecule has 6 heteroatoms. The van der Waals surface area contributed by atoms with Crippen LogP contribution in [0.25, 0.3) is 0 Å². The summed E-state index contributed by atoms with van der Waals surface area (Å²) in [6, 6.07) is 11.4. The molecule has 0 aliphatic carbocycles. The minimum Gasteiger partial charge on any atom is -0.324 e. The molecule has 0 radical (unpaired) electrons. The molecule has 0 saturated heterocycles. The van der Waals surface area contributed by atoms with Crippen molar-refractivity contribution in [3.8, 4) is 0 Å². The van der Waals surface area contributed by atoms with Gasteiger partial charge in [-0.15, -0.1) is 17.9 Å². The van der Waals surface area contributed by atoms with E-state index < -0.39 is 0 Å². The fraction of sp³-hybridized carbons (Fsp3) is 0.188. The largest absolute Gasteiger partial charge is 0.324 e. The molecule has 0 aliphatic rings. The summed E-state index contributed by atoms with van der Waals surface area (Å²) in [6.45, 7) is 5.35. The lowest BCUT2D eigenvalue weighted by molar-refractivity contribution is -0.117. The Labute approximate surface area is 147 Å². The highest BCUT2D eigenvalue weighted by atomic mass is 79.9. The third kappa shape index (κ3) is 5.25. The van der Waals surface area contributed by atoms with Crippen molar-refractivity contribution < 1.29 is 4.79 Å². The van der Waals surface area contributed by atoms with Crippen LogP contribution >= 0.6 is 38.9 Å². The first-order chi connectivity index (χ1) is 10.6. The van der Waals surface area contributed by atoms with Crippen LogP contribution in [0.1, 0.15) is 4.88 Å². The first-order valence-corrected chi connectivity index (χ1v) is 8.69. The summed E-state index contributed by atoms with van der Waals surface area (Å²) in [5.41, 5.74) is 0.769. The van der Waals surface area contributed by atoms with Crippen molar-refractivity contribution in [3.63, 3.8) is 0 Å². The molecule has 3 nitrogen and oxygen atoms in total. The van der Waals surface area contributed by atoms with E-state index in [1.165, 1.54) is 11.3 Å². The quantitative estimate of drug-likeness (QED) is 0.679. The molecule has 0 atom stereocenters. The number of halogens is 2. The van der Waals surface area contributed by atoms with Gasteiger partial charge in [-0.1, -0.05) is 29.8 Å². The van der Waals surface area contributed by atoms with Crippen LogP contribution < -0.4 is 5.32 Å². The standard InChI is InChI=1S/C16H16BrClN2OS/c1-2-9-20(10-12-7-8-15(18)22-12)11-16(21)19-14-6-4-3-5-13(14)17/h2-8H,1,9-11H2,(H,19,21). The number of carbonyl (C=O) groups is 1. The number of hydrogen-bond acceptors (Lipinski definition) is 3. The number of anilines is 1. The van der Waals surface area contributed by atoms with E-state index in [1.54, 1.807) is 6.08 Å². The maximum Gasteiger partial charge on any atom is 0.238 e. The monoisotopic (exact) mass is 398 g/mol. The Balaban J connectivity index is 1.96. The van der Waals surface area contributed by atoms with E-state index >= 15 is 0 Å². The number of nitrogens with zero attached hydrogens (tertiary/aromatic N) is 1. The number of nitrogens with one attached hydrogen (secondary N) is 1. The van der Waals surface area contributed by atoms with Crippen LogP contribution in [0.2, 0.25) is 4.34 Å². The van der Waals surface area contributed by atoms with Gasteiger partial charge >= 0.3 is 0 Å². The number of thiophene rings is 1. The van der Waals surface area contributed by atoms with Gasteiger partial charge in [0.1, 0.15) is 0 Å². The van der Waals surface area contributed by atoms with E-state index in [1.807, 2.05) is 41.3 Å². The zero-order valence-corrected chi connectivity index (χ0v) is 15.0. The van der Waals surface area contributed by atoms with E-state index in [0.29, 0.717) is 19.6 Å². The first-order valence-electron chi connectivity index (χ1n) is 6.70. The molecule has 1 amide bonds. The highest BCUT2D eigenvalue weighted by Gasteiger charge is 2.12. The molecule has 1 heterocycles. The number of benzene rings is 1. The van der Waals surface area contributed by atoms with Crippen molar-refractivity contribution in [1.82, 2.24) is 4.90 Å². The van der Waals surface area contributed by atoms with Crippen LogP contribution in [0, 0.1) is 0 Å². The molecule has 22 heavy (non-hydrogen) atoms. The third-order valence-corrected chi connectivity index (χ3v) is 4.82. The first kappa shape index (κ1) is 17.2. The lowest BCUT2D eigenvalue weighted by atomic mass is 10.3. The maximum atomic E-state index is 12.2. The fourth-order valence-corrected chi connectivity index (χ4v) is 3.49. The molecule has 1 aromatic heterocycles. The van der Waals surface area contributed by atoms with Crippen molar-refractivity contribution in [2.75, 3.05) is 18.4 Å². The molecule has 0 spiro atoms. The third-order valence-electron chi connectivity index (χ3n) is 2.91. The summed E-state index contributed by atoms with van der Waals surface area (Å²) < 4.78 is 1.62. The fourth-order valence-electron chi connectivity index (χ4n) is 1.98. The number of rotatable bonds is 7. The van der Waals surface area contributed by atoms with E-state index in [9.17, 15) is 4.79 Å². The molecule has 2 aromatic rings. The van der Waals surface area contributed by atoms with E-state index in [0.717, 1.165) is 19.4 Å². The van der Waals surface area contributed by atoms with Gasteiger partial charge in [0.25, 0.3) is 0 Å². The van der Waals surface area contributed by atoms with Crippen molar-refractivity contribution >= 4 is 50.5 Å².